The molecule has 1 saturated carbocycles. The quantitative estimate of drug-likeness (QED) is 0.373. The molecule has 0 aromatic rings. The van der Waals surface area contributed by atoms with Gasteiger partial charge in [-0.25, -0.2) is 0 Å². The Morgan fingerprint density at radius 3 is 2.42 bits per heavy atom. The van der Waals surface area contributed by atoms with Crippen LogP contribution >= 0.6 is 0 Å². The largest absolute Gasteiger partial charge is 0.356 e. The van der Waals surface area contributed by atoms with Crippen LogP contribution in [-0.4, -0.2) is 75.0 Å². The summed E-state index contributed by atoms with van der Waals surface area (Å²) in [6, 6.07) is 0.0815. The van der Waals surface area contributed by atoms with Crippen LogP contribution in [0, 0.1) is 5.92 Å². The zero-order valence-corrected chi connectivity index (χ0v) is 17.1. The summed E-state index contributed by atoms with van der Waals surface area (Å²) in [6.07, 6.45) is 11.4. The Morgan fingerprint density at radius 1 is 1.08 bits per heavy atom. The van der Waals surface area contributed by atoms with E-state index < -0.39 is 0 Å². The first kappa shape index (κ1) is 21.0. The molecule has 0 spiro atoms. The average molecular weight is 366 g/mol. The highest BCUT2D eigenvalue weighted by molar-refractivity contribution is 5.81. The summed E-state index contributed by atoms with van der Waals surface area (Å²) in [5.74, 6) is 2.11. The van der Waals surface area contributed by atoms with E-state index in [0.717, 1.165) is 57.3 Å². The first-order chi connectivity index (χ1) is 12.6. The monoisotopic (exact) mass is 365 g/mol. The fourth-order valence-corrected chi connectivity index (χ4v) is 4.28. The highest BCUT2D eigenvalue weighted by Crippen LogP contribution is 2.28. The highest BCUT2D eigenvalue weighted by atomic mass is 16.2. The van der Waals surface area contributed by atoms with Crippen LogP contribution in [0.5, 0.6) is 0 Å². The van der Waals surface area contributed by atoms with Gasteiger partial charge in [0.15, 0.2) is 5.96 Å². The molecule has 26 heavy (non-hydrogen) atoms. The van der Waals surface area contributed by atoms with Crippen LogP contribution < -0.4 is 10.6 Å². The first-order valence-electron chi connectivity index (χ1n) is 10.5. The third kappa shape index (κ3) is 6.78. The molecule has 1 amide bonds. The highest BCUT2D eigenvalue weighted by Gasteiger charge is 2.30. The summed E-state index contributed by atoms with van der Waals surface area (Å²) in [6.45, 7) is 3.90. The molecule has 2 rings (SSSR count). The molecule has 1 aliphatic carbocycles. The molecule has 6 nitrogen and oxygen atoms in total. The van der Waals surface area contributed by atoms with Gasteiger partial charge in [-0.05, 0) is 44.6 Å². The van der Waals surface area contributed by atoms with E-state index >= 15 is 0 Å². The maximum absolute atomic E-state index is 12.2. The van der Waals surface area contributed by atoms with Crippen molar-refractivity contribution in [2.75, 3.05) is 47.3 Å². The number of hydrogen-bond acceptors (Lipinski definition) is 3. The lowest BCUT2D eigenvalue weighted by Gasteiger charge is -2.26. The smallest absolute Gasteiger partial charge is 0.239 e. The molecule has 0 aromatic carbocycles. The molecule has 2 N–H and O–H groups in total. The number of amides is 1. The lowest BCUT2D eigenvalue weighted by atomic mass is 10.0. The Kier molecular flexibility index (Phi) is 9.23. The zero-order valence-electron chi connectivity index (χ0n) is 17.1. The van der Waals surface area contributed by atoms with Crippen molar-refractivity contribution in [2.24, 2.45) is 10.9 Å². The van der Waals surface area contributed by atoms with E-state index in [9.17, 15) is 4.79 Å². The number of nitrogens with zero attached hydrogens (tertiary/aromatic N) is 3. The molecule has 2 fully saturated rings. The number of aliphatic imine (C=N–C) groups is 1. The summed E-state index contributed by atoms with van der Waals surface area (Å²) < 4.78 is 0. The number of likely N-dealkylation sites (N-methyl/N-ethyl adjacent to an activating group) is 1. The maximum Gasteiger partial charge on any atom is 0.239 e. The Balaban J connectivity index is 1.56. The fraction of sp³-hybridized carbons (Fsp3) is 0.900. The number of likely N-dealkylation sites (tertiary alicyclic amines) is 1. The predicted octanol–water partition coefficient (Wildman–Crippen LogP) is 2.06. The molecule has 0 radical (unpaired) electrons. The lowest BCUT2D eigenvalue weighted by molar-refractivity contribution is -0.133. The molecule has 1 unspecified atom stereocenters. The average Bonchev–Trinajstić information content (AvgIpc) is 3.31. The van der Waals surface area contributed by atoms with Crippen LogP contribution in [0.4, 0.5) is 0 Å². The van der Waals surface area contributed by atoms with Crippen LogP contribution in [0.15, 0.2) is 4.99 Å². The first-order valence-corrected chi connectivity index (χ1v) is 10.5. The minimum atomic E-state index is 0.0815. The van der Waals surface area contributed by atoms with Crippen molar-refractivity contribution < 1.29 is 4.79 Å². The second-order valence-corrected chi connectivity index (χ2v) is 8.00. The van der Waals surface area contributed by atoms with E-state index in [4.69, 9.17) is 0 Å². The van der Waals surface area contributed by atoms with Gasteiger partial charge in [-0.3, -0.25) is 14.7 Å². The summed E-state index contributed by atoms with van der Waals surface area (Å²) in [5.41, 5.74) is 0. The van der Waals surface area contributed by atoms with Crippen LogP contribution in [0.3, 0.4) is 0 Å². The number of carbonyl (C=O) groups excluding carboxylic acids is 1. The van der Waals surface area contributed by atoms with E-state index in [1.165, 1.54) is 38.5 Å². The van der Waals surface area contributed by atoms with E-state index in [0.29, 0.717) is 0 Å². The van der Waals surface area contributed by atoms with Gasteiger partial charge in [-0.1, -0.05) is 25.7 Å². The Bertz CT molecular complexity index is 445. The predicted molar refractivity (Wildman–Crippen MR) is 108 cm³/mol. The molecule has 1 saturated heterocycles. The van der Waals surface area contributed by atoms with E-state index in [1.54, 1.807) is 4.90 Å². The third-order valence-electron chi connectivity index (χ3n) is 5.78. The van der Waals surface area contributed by atoms with Crippen LogP contribution in [0.1, 0.15) is 57.8 Å². The van der Waals surface area contributed by atoms with Gasteiger partial charge in [0.25, 0.3) is 0 Å². The molecule has 0 aromatic heterocycles. The van der Waals surface area contributed by atoms with Crippen LogP contribution in [0.25, 0.3) is 0 Å². The number of rotatable bonds is 9. The molecule has 1 aliphatic heterocycles. The van der Waals surface area contributed by atoms with Gasteiger partial charge in [-0.15, -0.1) is 0 Å². The van der Waals surface area contributed by atoms with Crippen molar-refractivity contribution in [3.8, 4) is 0 Å². The van der Waals surface area contributed by atoms with Crippen molar-refractivity contribution >= 4 is 11.9 Å². The van der Waals surface area contributed by atoms with Gasteiger partial charge in [0, 0.05) is 40.8 Å². The normalized spacial score (nSPS) is 22.0. The number of nitrogens with one attached hydrogen (secondary N) is 2. The summed E-state index contributed by atoms with van der Waals surface area (Å²) in [4.78, 5) is 20.6. The minimum absolute atomic E-state index is 0.0815. The van der Waals surface area contributed by atoms with E-state index in [-0.39, 0.29) is 11.9 Å². The van der Waals surface area contributed by atoms with Gasteiger partial charge < -0.3 is 15.5 Å². The third-order valence-corrected chi connectivity index (χ3v) is 5.78. The number of carbonyl (C=O) groups is 1. The Hall–Kier alpha value is -1.30. The molecule has 150 valence electrons. The lowest BCUT2D eigenvalue weighted by Crippen LogP contribution is -2.44. The molecular formula is C20H39N5O. The second-order valence-electron chi connectivity index (χ2n) is 8.00. The van der Waals surface area contributed by atoms with Gasteiger partial charge in [0.2, 0.25) is 5.91 Å². The van der Waals surface area contributed by atoms with Gasteiger partial charge in [0.05, 0.1) is 6.04 Å². The minimum Gasteiger partial charge on any atom is -0.356 e. The van der Waals surface area contributed by atoms with Crippen molar-refractivity contribution in [2.45, 2.75) is 63.8 Å². The standard InChI is InChI=1S/C20H39N5O/c1-21-20(22-13-6-11-17-9-4-5-10-17)23-14-8-16-25-15-7-12-18(25)19(26)24(2)3/h17-18H,4-16H2,1-3H3,(H2,21,22,23). The molecule has 0 bridgehead atoms. The van der Waals surface area contributed by atoms with Gasteiger partial charge in [0.1, 0.15) is 0 Å². The fourth-order valence-electron chi connectivity index (χ4n) is 4.28. The Labute approximate surface area is 159 Å². The molecule has 1 atom stereocenters. The topological polar surface area (TPSA) is 60.0 Å². The molecule has 1 heterocycles. The molecule has 6 heteroatoms. The summed E-state index contributed by atoms with van der Waals surface area (Å²) in [5, 5.41) is 6.83. The van der Waals surface area contributed by atoms with Crippen LogP contribution in [0.2, 0.25) is 0 Å². The van der Waals surface area contributed by atoms with Gasteiger partial charge in [-0.2, -0.15) is 0 Å². The van der Waals surface area contributed by atoms with Crippen molar-refractivity contribution in [3.63, 3.8) is 0 Å². The molecular weight excluding hydrogens is 326 g/mol. The van der Waals surface area contributed by atoms with Gasteiger partial charge >= 0.3 is 0 Å². The summed E-state index contributed by atoms with van der Waals surface area (Å²) in [7, 11) is 5.53. The van der Waals surface area contributed by atoms with Crippen LogP contribution in [-0.2, 0) is 4.79 Å². The Morgan fingerprint density at radius 2 is 1.77 bits per heavy atom. The SMILES string of the molecule is CN=C(NCCCC1CCCC1)NCCCN1CCCC1C(=O)N(C)C. The second kappa shape index (κ2) is 11.4. The number of hydrogen-bond donors (Lipinski definition) is 2. The van der Waals surface area contributed by atoms with E-state index in [1.807, 2.05) is 21.1 Å². The van der Waals surface area contributed by atoms with E-state index in [2.05, 4.69) is 20.5 Å². The summed E-state index contributed by atoms with van der Waals surface area (Å²) >= 11 is 0. The van der Waals surface area contributed by atoms with Crippen molar-refractivity contribution in [1.82, 2.24) is 20.4 Å². The molecule has 2 aliphatic rings. The zero-order chi connectivity index (χ0) is 18.8. The number of guanidine groups is 1. The van der Waals surface area contributed by atoms with Crippen molar-refractivity contribution in [3.05, 3.63) is 0 Å². The maximum atomic E-state index is 12.2. The van der Waals surface area contributed by atoms with Crippen molar-refractivity contribution in [1.29, 1.82) is 0 Å².